The molecule has 0 aromatic carbocycles. The van der Waals surface area contributed by atoms with Crippen LogP contribution in [0.3, 0.4) is 0 Å². The summed E-state index contributed by atoms with van der Waals surface area (Å²) in [4.78, 5) is 11.0. The van der Waals surface area contributed by atoms with Crippen molar-refractivity contribution in [2.45, 2.75) is 55.1 Å². The van der Waals surface area contributed by atoms with Crippen molar-refractivity contribution >= 4 is 5.97 Å². The lowest BCUT2D eigenvalue weighted by Crippen LogP contribution is -2.61. The van der Waals surface area contributed by atoms with Crippen LogP contribution in [-0.2, 0) is 19.0 Å². The van der Waals surface area contributed by atoms with Crippen molar-refractivity contribution in [1.29, 1.82) is 0 Å². The van der Waals surface area contributed by atoms with Gasteiger partial charge >= 0.3 is 5.97 Å². The molecule has 2 saturated heterocycles. The first-order valence-corrected chi connectivity index (χ1v) is 6.95. The van der Waals surface area contributed by atoms with Gasteiger partial charge in [-0.25, -0.2) is 4.79 Å². The van der Waals surface area contributed by atoms with E-state index in [0.29, 0.717) is 0 Å². The Morgan fingerprint density at radius 3 is 2.00 bits per heavy atom. The van der Waals surface area contributed by atoms with E-state index in [9.17, 15) is 30.3 Å². The number of carbonyl (C=O) groups is 1. The SMILES string of the molecule is O=C(O)[C@@H]1O[C@@H](O[C@H]2[C@H](O)[C@@H](CO)O[C@@H]2CO)[C@H](O)[C@@H](O)[C@@H]1O. The van der Waals surface area contributed by atoms with Crippen molar-refractivity contribution in [2.75, 3.05) is 13.2 Å². The number of hydrogen-bond donors (Lipinski definition) is 7. The van der Waals surface area contributed by atoms with Gasteiger partial charge in [0.05, 0.1) is 13.2 Å². The molecule has 2 fully saturated rings. The van der Waals surface area contributed by atoms with Gasteiger partial charge in [-0.05, 0) is 0 Å². The Kier molecular flexibility index (Phi) is 5.89. The first-order chi connectivity index (χ1) is 10.8. The molecule has 0 aliphatic carbocycles. The predicted molar refractivity (Wildman–Crippen MR) is 68.0 cm³/mol. The van der Waals surface area contributed by atoms with Gasteiger partial charge in [-0.2, -0.15) is 0 Å². The zero-order valence-electron chi connectivity index (χ0n) is 11.9. The number of carboxylic acid groups (broad SMARTS) is 1. The molecule has 2 aliphatic rings. The molecule has 23 heavy (non-hydrogen) atoms. The molecule has 0 unspecified atom stereocenters. The second-order valence-corrected chi connectivity index (χ2v) is 5.40. The first kappa shape index (κ1) is 18.4. The van der Waals surface area contributed by atoms with Crippen LogP contribution < -0.4 is 0 Å². The summed E-state index contributed by atoms with van der Waals surface area (Å²) < 4.78 is 15.3. The van der Waals surface area contributed by atoms with Crippen LogP contribution in [0.25, 0.3) is 0 Å². The highest BCUT2D eigenvalue weighted by Crippen LogP contribution is 2.29. The monoisotopic (exact) mass is 340 g/mol. The molecule has 0 bridgehead atoms. The van der Waals surface area contributed by atoms with Crippen molar-refractivity contribution in [3.05, 3.63) is 0 Å². The van der Waals surface area contributed by atoms with Gasteiger partial charge < -0.3 is 50.0 Å². The third kappa shape index (κ3) is 3.47. The fourth-order valence-corrected chi connectivity index (χ4v) is 2.60. The normalized spacial score (nSPS) is 47.7. The summed E-state index contributed by atoms with van der Waals surface area (Å²) in [5.74, 6) is -1.58. The Morgan fingerprint density at radius 2 is 1.48 bits per heavy atom. The molecule has 9 atom stereocenters. The van der Waals surface area contributed by atoms with E-state index >= 15 is 0 Å². The van der Waals surface area contributed by atoms with E-state index < -0.39 is 74.3 Å². The lowest BCUT2D eigenvalue weighted by molar-refractivity contribution is -0.311. The summed E-state index contributed by atoms with van der Waals surface area (Å²) in [5, 5.41) is 66.3. The highest BCUT2D eigenvalue weighted by molar-refractivity contribution is 5.73. The average Bonchev–Trinajstić information content (AvgIpc) is 2.83. The lowest BCUT2D eigenvalue weighted by Gasteiger charge is -2.40. The lowest BCUT2D eigenvalue weighted by atomic mass is 9.98. The van der Waals surface area contributed by atoms with Crippen LogP contribution in [0, 0.1) is 0 Å². The Morgan fingerprint density at radius 1 is 0.870 bits per heavy atom. The van der Waals surface area contributed by atoms with E-state index in [1.54, 1.807) is 0 Å². The predicted octanol–water partition coefficient (Wildman–Crippen LogP) is -4.62. The van der Waals surface area contributed by atoms with Crippen LogP contribution >= 0.6 is 0 Å². The first-order valence-electron chi connectivity index (χ1n) is 6.95. The number of rotatable bonds is 5. The molecule has 11 nitrogen and oxygen atoms in total. The summed E-state index contributed by atoms with van der Waals surface area (Å²) in [5.41, 5.74) is 0. The maximum Gasteiger partial charge on any atom is 0.335 e. The van der Waals surface area contributed by atoms with Gasteiger partial charge in [0.2, 0.25) is 0 Å². The molecule has 134 valence electrons. The van der Waals surface area contributed by atoms with E-state index in [4.69, 9.17) is 24.4 Å². The molecule has 7 N–H and O–H groups in total. The van der Waals surface area contributed by atoms with E-state index in [2.05, 4.69) is 0 Å². The quantitative estimate of drug-likeness (QED) is 0.255. The molecule has 11 heteroatoms. The molecule has 0 radical (unpaired) electrons. The van der Waals surface area contributed by atoms with Gasteiger partial charge in [0.1, 0.15) is 42.7 Å². The van der Waals surface area contributed by atoms with Gasteiger partial charge in [0, 0.05) is 0 Å². The largest absolute Gasteiger partial charge is 0.479 e. The minimum absolute atomic E-state index is 0.551. The van der Waals surface area contributed by atoms with Crippen molar-refractivity contribution < 1.29 is 54.8 Å². The fraction of sp³-hybridized carbons (Fsp3) is 0.917. The number of aliphatic hydroxyl groups is 6. The number of ether oxygens (including phenoxy) is 3. The molecule has 2 rings (SSSR count). The minimum atomic E-state index is -1.87. The molecular formula is C12H20O11. The number of aliphatic hydroxyl groups excluding tert-OH is 6. The third-order valence-electron chi connectivity index (χ3n) is 3.90. The Labute approximate surface area is 130 Å². The van der Waals surface area contributed by atoms with Crippen LogP contribution in [0.1, 0.15) is 0 Å². The number of carboxylic acids is 1. The molecule has 0 aromatic heterocycles. The molecule has 0 spiro atoms. The van der Waals surface area contributed by atoms with Crippen molar-refractivity contribution in [3.63, 3.8) is 0 Å². The van der Waals surface area contributed by atoms with Crippen LogP contribution in [-0.4, -0.2) is 110 Å². The Balaban J connectivity index is 2.12. The summed E-state index contributed by atoms with van der Waals surface area (Å²) in [6.45, 7) is -1.13. The maximum atomic E-state index is 11.0. The van der Waals surface area contributed by atoms with E-state index in [0.717, 1.165) is 0 Å². The van der Waals surface area contributed by atoms with Gasteiger partial charge in [-0.15, -0.1) is 0 Å². The summed E-state index contributed by atoms with van der Waals surface area (Å²) in [7, 11) is 0. The second-order valence-electron chi connectivity index (χ2n) is 5.40. The summed E-state index contributed by atoms with van der Waals surface area (Å²) in [6, 6.07) is 0. The van der Waals surface area contributed by atoms with Crippen LogP contribution in [0.15, 0.2) is 0 Å². The number of hydrogen-bond acceptors (Lipinski definition) is 10. The van der Waals surface area contributed by atoms with Gasteiger partial charge in [-0.3, -0.25) is 0 Å². The zero-order chi connectivity index (χ0) is 17.3. The second kappa shape index (κ2) is 7.34. The third-order valence-corrected chi connectivity index (χ3v) is 3.90. The summed E-state index contributed by atoms with van der Waals surface area (Å²) in [6.07, 6.45) is -13.8. The maximum absolute atomic E-state index is 11.0. The Bertz CT molecular complexity index is 416. The topological polar surface area (TPSA) is 186 Å². The molecular weight excluding hydrogens is 320 g/mol. The number of aliphatic carboxylic acids is 1. The van der Waals surface area contributed by atoms with Crippen LogP contribution in [0.5, 0.6) is 0 Å². The van der Waals surface area contributed by atoms with Crippen molar-refractivity contribution in [2.24, 2.45) is 0 Å². The molecule has 0 aromatic rings. The molecule has 0 saturated carbocycles. The standard InChI is InChI=1S/C12H20O11/c13-1-3-5(15)9(4(2-14)21-3)22-12-8(18)6(16)7(17)10(23-12)11(19)20/h3-10,12-18H,1-2H2,(H,19,20)/t3-,4-,5-,6+,7+,8-,9-,10-,12-/m1/s1. The van der Waals surface area contributed by atoms with Crippen LogP contribution in [0.2, 0.25) is 0 Å². The molecule has 2 heterocycles. The smallest absolute Gasteiger partial charge is 0.335 e. The highest BCUT2D eigenvalue weighted by atomic mass is 16.7. The molecule has 2 aliphatic heterocycles. The fourth-order valence-electron chi connectivity index (χ4n) is 2.60. The van der Waals surface area contributed by atoms with Crippen molar-refractivity contribution in [3.8, 4) is 0 Å². The van der Waals surface area contributed by atoms with Crippen LogP contribution in [0.4, 0.5) is 0 Å². The van der Waals surface area contributed by atoms with E-state index in [1.165, 1.54) is 0 Å². The van der Waals surface area contributed by atoms with E-state index in [1.807, 2.05) is 0 Å². The van der Waals surface area contributed by atoms with Gasteiger partial charge in [0.25, 0.3) is 0 Å². The Hall–Kier alpha value is -0.890. The van der Waals surface area contributed by atoms with E-state index in [-0.39, 0.29) is 0 Å². The van der Waals surface area contributed by atoms with Crippen molar-refractivity contribution in [1.82, 2.24) is 0 Å². The van der Waals surface area contributed by atoms with Gasteiger partial charge in [0.15, 0.2) is 12.4 Å². The summed E-state index contributed by atoms with van der Waals surface area (Å²) >= 11 is 0. The minimum Gasteiger partial charge on any atom is -0.479 e. The average molecular weight is 340 g/mol. The highest BCUT2D eigenvalue weighted by Gasteiger charge is 2.51. The zero-order valence-corrected chi connectivity index (χ0v) is 11.9. The van der Waals surface area contributed by atoms with Gasteiger partial charge in [-0.1, -0.05) is 0 Å². The molecule has 0 amide bonds.